The first kappa shape index (κ1) is 29.6. The summed E-state index contributed by atoms with van der Waals surface area (Å²) >= 11 is 0. The molecule has 3 nitrogen and oxygen atoms in total. The monoisotopic (exact) mass is 605 g/mol. The highest BCUT2D eigenvalue weighted by molar-refractivity contribution is 6.02. The summed E-state index contributed by atoms with van der Waals surface area (Å²) in [6.07, 6.45) is 5.90. The first-order chi connectivity index (χ1) is 23.0. The van der Waals surface area contributed by atoms with Crippen molar-refractivity contribution in [3.05, 3.63) is 199 Å². The van der Waals surface area contributed by atoms with Crippen molar-refractivity contribution in [2.24, 2.45) is 4.99 Å². The van der Waals surface area contributed by atoms with Crippen LogP contribution in [0.15, 0.2) is 181 Å². The van der Waals surface area contributed by atoms with Crippen LogP contribution in [0, 0.1) is 0 Å². The molecule has 6 aromatic rings. The highest BCUT2D eigenvalue weighted by atomic mass is 14.8. The normalized spacial score (nSPS) is 13.5. The van der Waals surface area contributed by atoms with Gasteiger partial charge >= 0.3 is 0 Å². The molecular weight excluding hydrogens is 571 g/mol. The van der Waals surface area contributed by atoms with Crippen LogP contribution in [0.3, 0.4) is 0 Å². The molecule has 0 saturated heterocycles. The van der Waals surface area contributed by atoms with Crippen molar-refractivity contribution in [2.45, 2.75) is 12.3 Å². The van der Waals surface area contributed by atoms with Crippen molar-refractivity contribution >= 4 is 17.1 Å². The summed E-state index contributed by atoms with van der Waals surface area (Å²) < 4.78 is 0. The summed E-state index contributed by atoms with van der Waals surface area (Å²) in [6.45, 7) is 10.3. The Morgan fingerprint density at radius 3 is 1.83 bits per heavy atom. The molecular formula is C44H35N3. The van der Waals surface area contributed by atoms with E-state index in [0.29, 0.717) is 5.69 Å². The molecule has 0 atom stereocenters. The number of nitrogens with zero attached hydrogens (tertiary/aromatic N) is 2. The van der Waals surface area contributed by atoms with Gasteiger partial charge in [-0.05, 0) is 70.1 Å². The van der Waals surface area contributed by atoms with E-state index in [1.807, 2.05) is 61.5 Å². The van der Waals surface area contributed by atoms with Crippen LogP contribution in [0.1, 0.15) is 29.2 Å². The maximum atomic E-state index is 6.24. The Hall–Kier alpha value is -6.06. The molecule has 1 aliphatic rings. The predicted molar refractivity (Wildman–Crippen MR) is 198 cm³/mol. The van der Waals surface area contributed by atoms with Crippen LogP contribution in [0.5, 0.6) is 0 Å². The van der Waals surface area contributed by atoms with Gasteiger partial charge in [0.25, 0.3) is 0 Å². The van der Waals surface area contributed by atoms with Gasteiger partial charge in [0.2, 0.25) is 0 Å². The highest BCUT2D eigenvalue weighted by Gasteiger charge is 2.46. The summed E-state index contributed by atoms with van der Waals surface area (Å²) in [5.74, 6) is 0. The fourth-order valence-corrected chi connectivity index (χ4v) is 6.87. The number of allylic oxidation sites excluding steroid dienone is 4. The molecule has 0 radical (unpaired) electrons. The second kappa shape index (κ2) is 12.4. The molecule has 0 saturated carbocycles. The molecule has 2 N–H and O–H groups in total. The molecule has 3 heteroatoms. The van der Waals surface area contributed by atoms with E-state index in [-0.39, 0.29) is 0 Å². The summed E-state index contributed by atoms with van der Waals surface area (Å²) in [5, 5.41) is 0. The lowest BCUT2D eigenvalue weighted by Crippen LogP contribution is -2.29. The predicted octanol–water partition coefficient (Wildman–Crippen LogP) is 10.8. The number of anilines is 1. The van der Waals surface area contributed by atoms with E-state index >= 15 is 0 Å². The van der Waals surface area contributed by atoms with E-state index in [1.54, 1.807) is 0 Å². The Morgan fingerprint density at radius 1 is 0.681 bits per heavy atom. The number of nitrogen functional groups attached to an aromatic ring is 1. The average molecular weight is 606 g/mol. The highest BCUT2D eigenvalue weighted by Crippen LogP contribution is 2.56. The minimum atomic E-state index is -0.537. The van der Waals surface area contributed by atoms with Crippen LogP contribution in [-0.4, -0.2) is 10.7 Å². The van der Waals surface area contributed by atoms with Gasteiger partial charge in [0, 0.05) is 16.8 Å². The largest absolute Gasteiger partial charge is 0.397 e. The zero-order valence-electron chi connectivity index (χ0n) is 26.4. The molecule has 0 fully saturated rings. The van der Waals surface area contributed by atoms with Gasteiger partial charge in [0.1, 0.15) is 0 Å². The van der Waals surface area contributed by atoms with E-state index in [0.717, 1.165) is 50.6 Å². The van der Waals surface area contributed by atoms with Crippen LogP contribution in [0.25, 0.3) is 33.6 Å². The quantitative estimate of drug-likeness (QED) is 0.107. The van der Waals surface area contributed by atoms with Crippen LogP contribution in [-0.2, 0) is 5.41 Å². The van der Waals surface area contributed by atoms with Gasteiger partial charge in [0.05, 0.1) is 28.2 Å². The fourth-order valence-electron chi connectivity index (χ4n) is 6.87. The number of pyridine rings is 1. The number of rotatable bonds is 8. The van der Waals surface area contributed by atoms with Gasteiger partial charge in [0.15, 0.2) is 0 Å². The van der Waals surface area contributed by atoms with Gasteiger partial charge in [-0.15, -0.1) is 0 Å². The smallest absolute Gasteiger partial charge is 0.0862 e. The van der Waals surface area contributed by atoms with Crippen molar-refractivity contribution in [3.63, 3.8) is 0 Å². The van der Waals surface area contributed by atoms with E-state index in [4.69, 9.17) is 15.7 Å². The van der Waals surface area contributed by atoms with E-state index in [1.165, 1.54) is 22.3 Å². The van der Waals surface area contributed by atoms with Crippen LogP contribution >= 0.6 is 0 Å². The Bertz CT molecular complexity index is 2140. The first-order valence-corrected chi connectivity index (χ1v) is 15.8. The number of hydrogen-bond donors (Lipinski definition) is 1. The maximum absolute atomic E-state index is 6.24. The average Bonchev–Trinajstić information content (AvgIpc) is 3.43. The molecule has 7 rings (SSSR count). The van der Waals surface area contributed by atoms with Crippen molar-refractivity contribution in [1.82, 2.24) is 4.98 Å². The van der Waals surface area contributed by atoms with Crippen molar-refractivity contribution < 1.29 is 0 Å². The number of fused-ring (bicyclic) bond motifs is 3. The van der Waals surface area contributed by atoms with Crippen LogP contribution in [0.2, 0.25) is 0 Å². The second-order valence-corrected chi connectivity index (χ2v) is 11.7. The maximum Gasteiger partial charge on any atom is 0.0862 e. The Morgan fingerprint density at radius 2 is 1.23 bits per heavy atom. The third kappa shape index (κ3) is 5.12. The van der Waals surface area contributed by atoms with Crippen LogP contribution < -0.4 is 5.73 Å². The Balaban J connectivity index is 1.40. The van der Waals surface area contributed by atoms with E-state index in [9.17, 15) is 0 Å². The summed E-state index contributed by atoms with van der Waals surface area (Å²) in [5.41, 5.74) is 19.9. The van der Waals surface area contributed by atoms with Gasteiger partial charge < -0.3 is 5.73 Å². The number of aliphatic imine (C=N–C) groups is 1. The van der Waals surface area contributed by atoms with Crippen molar-refractivity contribution in [3.8, 4) is 33.6 Å². The number of aromatic nitrogens is 1. The number of benzene rings is 5. The third-order valence-electron chi connectivity index (χ3n) is 9.05. The first-order valence-electron chi connectivity index (χ1n) is 15.8. The SMILES string of the molecule is C=C/C=C(\C=C)C1(c2ccc(-c3cc(C(C)=Nc4ccccc4N)cc(-c4ccccc4)n3)cc2)c2ccccc2-c2ccccc21. The Labute approximate surface area is 276 Å². The molecule has 0 bridgehead atoms. The third-order valence-corrected chi connectivity index (χ3v) is 9.05. The molecule has 0 unspecified atom stereocenters. The minimum absolute atomic E-state index is 0.537. The minimum Gasteiger partial charge on any atom is -0.397 e. The van der Waals surface area contributed by atoms with Crippen LogP contribution in [0.4, 0.5) is 11.4 Å². The standard InChI is InChI=1S/C44H35N3/c1-4-15-34(5-2)44(38-20-11-9-18-36(38)37-19-10-12-21-39(37)44)35-26-24-32(25-27-35)43-29-33(28-42(47-43)31-16-7-6-8-17-31)30(3)46-41-23-14-13-22-40(41)45/h4-29H,1-2,45H2,3H3/b34-15+,46-30?. The lowest BCUT2D eigenvalue weighted by atomic mass is 9.67. The van der Waals surface area contributed by atoms with E-state index in [2.05, 4.69) is 116 Å². The lowest BCUT2D eigenvalue weighted by molar-refractivity contribution is 0.767. The topological polar surface area (TPSA) is 51.3 Å². The fraction of sp³-hybridized carbons (Fsp3) is 0.0455. The molecule has 1 aromatic heterocycles. The van der Waals surface area contributed by atoms with Crippen molar-refractivity contribution in [2.75, 3.05) is 5.73 Å². The van der Waals surface area contributed by atoms with Gasteiger partial charge in [-0.2, -0.15) is 0 Å². The molecule has 5 aromatic carbocycles. The van der Waals surface area contributed by atoms with Gasteiger partial charge in [-0.3, -0.25) is 4.99 Å². The zero-order chi connectivity index (χ0) is 32.4. The van der Waals surface area contributed by atoms with Gasteiger partial charge in [-0.25, -0.2) is 4.98 Å². The summed E-state index contributed by atoms with van der Waals surface area (Å²) in [4.78, 5) is 10.1. The molecule has 1 aliphatic carbocycles. The van der Waals surface area contributed by atoms with E-state index < -0.39 is 5.41 Å². The number of hydrogen-bond acceptors (Lipinski definition) is 3. The molecule has 0 amide bonds. The van der Waals surface area contributed by atoms with Crippen molar-refractivity contribution in [1.29, 1.82) is 0 Å². The number of nitrogens with two attached hydrogens (primary N) is 1. The molecule has 47 heavy (non-hydrogen) atoms. The summed E-state index contributed by atoms with van der Waals surface area (Å²) in [6, 6.07) is 48.3. The molecule has 0 aliphatic heterocycles. The van der Waals surface area contributed by atoms with Gasteiger partial charge in [-0.1, -0.05) is 147 Å². The second-order valence-electron chi connectivity index (χ2n) is 11.7. The molecule has 1 heterocycles. The number of para-hydroxylation sites is 2. The lowest BCUT2D eigenvalue weighted by Gasteiger charge is -2.34. The molecule has 0 spiro atoms. The zero-order valence-corrected chi connectivity index (χ0v) is 26.4. The Kier molecular flexibility index (Phi) is 7.81. The molecule has 226 valence electrons. The summed E-state index contributed by atoms with van der Waals surface area (Å²) in [7, 11) is 0.